The Bertz CT molecular complexity index is 804. The van der Waals surface area contributed by atoms with E-state index in [9.17, 15) is 14.7 Å². The third-order valence-electron chi connectivity index (χ3n) is 4.75. The standard InChI is InChI=1S/C14H12N2O3S3.C6H15N/c1-2-15-8-5-3-4-6-9(8)21-13(15)11-12(19)16(7-10(17)18)14(20)22-11;1-4-7(5-2)6-3/h3-6H,2,7H2,1H3,(H,17,18);4-6H2,1-3H3/b13-11-;. The number of hydrogen-bond donors (Lipinski definition) is 1. The summed E-state index contributed by atoms with van der Waals surface area (Å²) in [6.07, 6.45) is 0. The van der Waals surface area contributed by atoms with Crippen molar-refractivity contribution in [2.24, 2.45) is 0 Å². The molecule has 0 saturated carbocycles. The summed E-state index contributed by atoms with van der Waals surface area (Å²) in [6, 6.07) is 7.90. The van der Waals surface area contributed by atoms with Crippen LogP contribution in [-0.4, -0.2) is 53.8 Å². The average Bonchev–Trinajstić information content (AvgIpc) is 3.21. The maximum Gasteiger partial charge on any atom is 0.269 e. The molecule has 0 atom stereocenters. The van der Waals surface area contributed by atoms with Crippen LogP contribution in [0.1, 0.15) is 27.7 Å². The fraction of sp³-hybridized carbons (Fsp3) is 0.450. The quantitative estimate of drug-likeness (QED) is 0.515. The predicted octanol–water partition coefficient (Wildman–Crippen LogP) is 1.33. The number of hydrogen-bond acceptors (Lipinski definition) is 7. The summed E-state index contributed by atoms with van der Waals surface area (Å²) >= 11 is 7.78. The van der Waals surface area contributed by atoms with Crippen molar-refractivity contribution in [3.05, 3.63) is 34.2 Å². The normalized spacial score (nSPS) is 18.2. The number of amides is 1. The largest absolute Gasteiger partial charge is 0.548 e. The van der Waals surface area contributed by atoms with Crippen LogP contribution in [0.5, 0.6) is 0 Å². The van der Waals surface area contributed by atoms with Gasteiger partial charge in [0.25, 0.3) is 5.91 Å². The van der Waals surface area contributed by atoms with Gasteiger partial charge in [0, 0.05) is 11.4 Å². The first-order valence-corrected chi connectivity index (χ1v) is 11.8. The number of carbonyl (C=O) groups is 2. The van der Waals surface area contributed by atoms with E-state index in [0.717, 1.165) is 32.3 Å². The highest BCUT2D eigenvalue weighted by atomic mass is 32.2. The predicted molar refractivity (Wildman–Crippen MR) is 122 cm³/mol. The van der Waals surface area contributed by atoms with E-state index in [-0.39, 0.29) is 10.2 Å². The molecule has 158 valence electrons. The Labute approximate surface area is 186 Å². The lowest BCUT2D eigenvalue weighted by atomic mass is 10.3. The molecule has 2 aliphatic heterocycles. The van der Waals surface area contributed by atoms with Crippen LogP contribution < -0.4 is 14.9 Å². The first-order chi connectivity index (χ1) is 13.9. The van der Waals surface area contributed by atoms with Gasteiger partial charge in [-0.3, -0.25) is 9.69 Å². The minimum Gasteiger partial charge on any atom is -0.548 e. The van der Waals surface area contributed by atoms with Crippen molar-refractivity contribution in [1.29, 1.82) is 0 Å². The molecule has 0 radical (unpaired) electrons. The summed E-state index contributed by atoms with van der Waals surface area (Å²) in [5.74, 6) is -1.69. The van der Waals surface area contributed by atoms with Crippen LogP contribution in [0.4, 0.5) is 5.69 Å². The smallest absolute Gasteiger partial charge is 0.269 e. The highest BCUT2D eigenvalue weighted by Gasteiger charge is 2.38. The second kappa shape index (κ2) is 11.0. The topological polar surface area (TPSA) is 68.1 Å². The van der Waals surface area contributed by atoms with Gasteiger partial charge in [-0.15, -0.1) is 0 Å². The Morgan fingerprint density at radius 1 is 1.07 bits per heavy atom. The lowest BCUT2D eigenvalue weighted by Crippen LogP contribution is -3.11. The fourth-order valence-electron chi connectivity index (χ4n) is 3.06. The van der Waals surface area contributed by atoms with Gasteiger partial charge in [-0.05, 0) is 39.8 Å². The number of rotatable bonds is 6. The average molecular weight is 454 g/mol. The zero-order valence-corrected chi connectivity index (χ0v) is 19.6. The van der Waals surface area contributed by atoms with Gasteiger partial charge in [0.05, 0.1) is 37.8 Å². The number of fused-ring (bicyclic) bond motifs is 1. The van der Waals surface area contributed by atoms with E-state index in [1.54, 1.807) is 4.90 Å². The van der Waals surface area contributed by atoms with E-state index < -0.39 is 12.5 Å². The van der Waals surface area contributed by atoms with Crippen LogP contribution in [-0.2, 0) is 9.59 Å². The Morgan fingerprint density at radius 2 is 1.69 bits per heavy atom. The van der Waals surface area contributed by atoms with Gasteiger partial charge in [0.2, 0.25) is 0 Å². The van der Waals surface area contributed by atoms with Crippen molar-refractivity contribution < 1.29 is 19.6 Å². The van der Waals surface area contributed by atoms with E-state index in [1.807, 2.05) is 36.1 Å². The summed E-state index contributed by atoms with van der Waals surface area (Å²) in [6.45, 7) is 12.7. The van der Waals surface area contributed by atoms with Gasteiger partial charge in [-0.2, -0.15) is 0 Å². The Kier molecular flexibility index (Phi) is 9.01. The molecule has 1 N–H and O–H groups in total. The van der Waals surface area contributed by atoms with Crippen molar-refractivity contribution in [3.8, 4) is 0 Å². The zero-order chi connectivity index (χ0) is 21.6. The maximum absolute atomic E-state index is 12.5. The number of thiocarbonyl (C=S) groups is 1. The first-order valence-electron chi connectivity index (χ1n) is 9.73. The molecule has 0 aliphatic carbocycles. The number of carbonyl (C=O) groups excluding carboxylic acids is 2. The van der Waals surface area contributed by atoms with E-state index in [0.29, 0.717) is 11.4 Å². The van der Waals surface area contributed by atoms with Crippen LogP contribution in [0.2, 0.25) is 0 Å². The van der Waals surface area contributed by atoms with E-state index in [2.05, 4.69) is 20.8 Å². The lowest BCUT2D eigenvalue weighted by molar-refractivity contribution is -0.894. The molecular weight excluding hydrogens is 426 g/mol. The zero-order valence-electron chi connectivity index (χ0n) is 17.2. The Hall–Kier alpha value is -1.55. The van der Waals surface area contributed by atoms with Crippen molar-refractivity contribution >= 4 is 57.6 Å². The third-order valence-corrected chi connectivity index (χ3v) is 7.50. The van der Waals surface area contributed by atoms with Crippen LogP contribution in [0.15, 0.2) is 39.1 Å². The molecule has 1 aromatic rings. The van der Waals surface area contributed by atoms with Gasteiger partial charge >= 0.3 is 0 Å². The highest BCUT2D eigenvalue weighted by Crippen LogP contribution is 2.50. The highest BCUT2D eigenvalue weighted by molar-refractivity contribution is 8.27. The van der Waals surface area contributed by atoms with Gasteiger partial charge in [0.1, 0.15) is 14.3 Å². The van der Waals surface area contributed by atoms with Crippen LogP contribution in [0.3, 0.4) is 0 Å². The van der Waals surface area contributed by atoms with E-state index in [1.165, 1.54) is 31.4 Å². The molecule has 1 saturated heterocycles. The van der Waals surface area contributed by atoms with Gasteiger partial charge in [0.15, 0.2) is 0 Å². The molecule has 2 aliphatic rings. The molecular formula is C20H27N3O3S3. The number of benzene rings is 1. The number of nitrogens with one attached hydrogen (secondary N) is 1. The second-order valence-electron chi connectivity index (χ2n) is 6.39. The summed E-state index contributed by atoms with van der Waals surface area (Å²) in [7, 11) is 0. The number of aliphatic carboxylic acids is 1. The molecule has 0 spiro atoms. The van der Waals surface area contributed by atoms with E-state index >= 15 is 0 Å². The molecule has 0 bridgehead atoms. The molecule has 0 unspecified atom stereocenters. The monoisotopic (exact) mass is 453 g/mol. The third kappa shape index (κ3) is 5.53. The number of carboxylic acid groups (broad SMARTS) is 1. The Balaban J connectivity index is 0.000000370. The second-order valence-corrected chi connectivity index (χ2v) is 9.07. The van der Waals surface area contributed by atoms with Gasteiger partial charge in [-0.25, -0.2) is 0 Å². The van der Waals surface area contributed by atoms with Crippen LogP contribution in [0.25, 0.3) is 0 Å². The number of quaternary nitrogens is 1. The van der Waals surface area contributed by atoms with E-state index in [4.69, 9.17) is 12.2 Å². The maximum atomic E-state index is 12.5. The minimum atomic E-state index is -1.32. The molecule has 6 nitrogen and oxygen atoms in total. The molecule has 9 heteroatoms. The number of thioether (sulfide) groups is 2. The van der Waals surface area contributed by atoms with Crippen molar-refractivity contribution in [2.45, 2.75) is 32.6 Å². The van der Waals surface area contributed by atoms with Gasteiger partial charge in [-0.1, -0.05) is 47.9 Å². The van der Waals surface area contributed by atoms with Crippen molar-refractivity contribution in [1.82, 2.24) is 4.90 Å². The molecule has 1 amide bonds. The summed E-state index contributed by atoms with van der Waals surface area (Å²) in [4.78, 5) is 29.6. The van der Waals surface area contributed by atoms with Crippen molar-refractivity contribution in [3.63, 3.8) is 0 Å². The summed E-state index contributed by atoms with van der Waals surface area (Å²) in [5.41, 5.74) is 1.05. The number of nitrogens with zero attached hydrogens (tertiary/aromatic N) is 2. The molecule has 0 aromatic heterocycles. The summed E-state index contributed by atoms with van der Waals surface area (Å²) < 4.78 is 0.254. The Morgan fingerprint density at radius 3 is 2.21 bits per heavy atom. The fourth-order valence-corrected chi connectivity index (χ4v) is 5.69. The van der Waals surface area contributed by atoms with Crippen LogP contribution in [0, 0.1) is 0 Å². The molecule has 29 heavy (non-hydrogen) atoms. The molecule has 1 aromatic carbocycles. The first kappa shape index (κ1) is 23.7. The lowest BCUT2D eigenvalue weighted by Gasteiger charge is -2.19. The minimum absolute atomic E-state index is 0.254. The van der Waals surface area contributed by atoms with Gasteiger partial charge < -0.3 is 19.7 Å². The van der Waals surface area contributed by atoms with Crippen molar-refractivity contribution in [2.75, 3.05) is 37.6 Å². The molecule has 3 rings (SSSR count). The summed E-state index contributed by atoms with van der Waals surface area (Å²) in [5, 5.41) is 11.6. The molecule has 2 heterocycles. The number of para-hydroxylation sites is 1. The SMILES string of the molecule is CCN1/C(=C2/SC(=S)N(CC(=O)[O-])C2=O)Sc2ccccc21.CC[NH+](CC)CC. The number of carboxylic acids is 1. The van der Waals surface area contributed by atoms with Crippen LogP contribution >= 0.6 is 35.7 Å². The molecule has 1 fully saturated rings. The number of anilines is 1.